The number of hydrogen-bond acceptors (Lipinski definition) is 6. The number of nitrogens with zero attached hydrogens (tertiary/aromatic N) is 1. The van der Waals surface area contributed by atoms with Crippen LogP contribution in [0.2, 0.25) is 0 Å². The summed E-state index contributed by atoms with van der Waals surface area (Å²) >= 11 is 0. The van der Waals surface area contributed by atoms with Crippen molar-refractivity contribution in [3.63, 3.8) is 0 Å². The normalized spacial score (nSPS) is 26.2. The number of halogens is 3. The van der Waals surface area contributed by atoms with Crippen LogP contribution in [-0.2, 0) is 6.61 Å². The van der Waals surface area contributed by atoms with Crippen molar-refractivity contribution in [2.24, 2.45) is 5.92 Å². The van der Waals surface area contributed by atoms with Gasteiger partial charge in [-0.3, -0.25) is 4.90 Å². The van der Waals surface area contributed by atoms with Crippen LogP contribution < -0.4 is 9.47 Å². The standard InChI is InChI=1S/C28H28F3NO5/c29-20-8-4-5-9-24(20)37-25-12-19-13-32(16-28(19,35)27(25)34)14-23(33)18-10-21(30)26(22(31)11-18)36-15-17-6-2-1-3-7-17/h1-11,19,23,25,27,33-35H,12-16H2/t19-,23-,25+,27+,28-/m1/s1. The summed E-state index contributed by atoms with van der Waals surface area (Å²) in [5.74, 6) is -3.31. The third kappa shape index (κ3) is 5.17. The van der Waals surface area contributed by atoms with Crippen LogP contribution in [0, 0.1) is 23.4 Å². The highest BCUT2D eigenvalue weighted by Gasteiger charge is 2.59. The van der Waals surface area contributed by atoms with Gasteiger partial charge in [0.05, 0.1) is 6.10 Å². The van der Waals surface area contributed by atoms with Gasteiger partial charge in [0.1, 0.15) is 24.4 Å². The van der Waals surface area contributed by atoms with Gasteiger partial charge in [0.15, 0.2) is 29.0 Å². The summed E-state index contributed by atoms with van der Waals surface area (Å²) in [7, 11) is 0. The van der Waals surface area contributed by atoms with Crippen molar-refractivity contribution in [2.75, 3.05) is 19.6 Å². The molecule has 1 saturated carbocycles. The Hall–Kier alpha value is -3.11. The molecule has 196 valence electrons. The molecule has 0 amide bonds. The van der Waals surface area contributed by atoms with Crippen LogP contribution in [0.3, 0.4) is 0 Å². The number of aliphatic hydroxyl groups is 3. The lowest BCUT2D eigenvalue weighted by molar-refractivity contribution is -0.0879. The Kier molecular flexibility index (Phi) is 7.13. The zero-order valence-electron chi connectivity index (χ0n) is 19.9. The Labute approximate surface area is 212 Å². The molecule has 1 heterocycles. The molecule has 1 saturated heterocycles. The lowest BCUT2D eigenvalue weighted by Gasteiger charge is -2.29. The molecule has 6 nitrogen and oxygen atoms in total. The molecular weight excluding hydrogens is 487 g/mol. The molecule has 0 radical (unpaired) electrons. The monoisotopic (exact) mass is 515 g/mol. The number of β-amino-alcohol motifs (C(OH)–C–C–N with tert-alkyl or cyclic N) is 2. The lowest BCUT2D eigenvalue weighted by Crippen LogP contribution is -2.49. The number of hydrogen-bond donors (Lipinski definition) is 3. The van der Waals surface area contributed by atoms with Gasteiger partial charge in [0.2, 0.25) is 0 Å². The molecule has 3 aromatic rings. The molecule has 2 aliphatic rings. The van der Waals surface area contributed by atoms with E-state index in [0.29, 0.717) is 6.54 Å². The van der Waals surface area contributed by atoms with Crippen LogP contribution in [-0.4, -0.2) is 57.7 Å². The van der Waals surface area contributed by atoms with E-state index in [-0.39, 0.29) is 43.3 Å². The van der Waals surface area contributed by atoms with Crippen LogP contribution in [0.1, 0.15) is 23.7 Å². The molecule has 1 aliphatic carbocycles. The Morgan fingerprint density at radius 2 is 1.65 bits per heavy atom. The molecule has 0 aromatic heterocycles. The minimum absolute atomic E-state index is 0.00245. The number of rotatable bonds is 8. The number of para-hydroxylation sites is 1. The van der Waals surface area contributed by atoms with E-state index in [9.17, 15) is 28.5 Å². The first kappa shape index (κ1) is 25.5. The van der Waals surface area contributed by atoms with Gasteiger partial charge in [0, 0.05) is 25.6 Å². The third-order valence-corrected chi connectivity index (χ3v) is 7.22. The van der Waals surface area contributed by atoms with E-state index < -0.39 is 47.1 Å². The summed E-state index contributed by atoms with van der Waals surface area (Å²) in [4.78, 5) is 1.73. The van der Waals surface area contributed by atoms with Crippen molar-refractivity contribution in [3.05, 3.63) is 95.3 Å². The van der Waals surface area contributed by atoms with Gasteiger partial charge in [-0.05, 0) is 41.8 Å². The first-order valence-electron chi connectivity index (χ1n) is 12.1. The van der Waals surface area contributed by atoms with E-state index in [2.05, 4.69) is 0 Å². The van der Waals surface area contributed by atoms with E-state index >= 15 is 0 Å². The van der Waals surface area contributed by atoms with Gasteiger partial charge in [-0.15, -0.1) is 0 Å². The topological polar surface area (TPSA) is 82.4 Å². The van der Waals surface area contributed by atoms with Gasteiger partial charge in [-0.2, -0.15) is 0 Å². The number of likely N-dealkylation sites (tertiary alicyclic amines) is 1. The van der Waals surface area contributed by atoms with Crippen LogP contribution >= 0.6 is 0 Å². The summed E-state index contributed by atoms with van der Waals surface area (Å²) in [6, 6.07) is 16.9. The fraction of sp³-hybridized carbons (Fsp3) is 0.357. The Balaban J connectivity index is 1.20. The second kappa shape index (κ2) is 10.3. The Morgan fingerprint density at radius 1 is 0.973 bits per heavy atom. The molecule has 0 unspecified atom stereocenters. The van der Waals surface area contributed by atoms with E-state index in [1.807, 2.05) is 6.07 Å². The first-order valence-corrected chi connectivity index (χ1v) is 12.1. The SMILES string of the molecule is O[C@H](CN1C[C@H]2C[C@H](Oc3ccccc3F)[C@H](O)[C@@]2(O)C1)c1cc(F)c(OCc2ccccc2)c(F)c1. The molecule has 3 aromatic carbocycles. The maximum Gasteiger partial charge on any atom is 0.191 e. The summed E-state index contributed by atoms with van der Waals surface area (Å²) in [6.07, 6.45) is -3.01. The zero-order valence-corrected chi connectivity index (χ0v) is 19.9. The van der Waals surface area contributed by atoms with Gasteiger partial charge < -0.3 is 24.8 Å². The number of ether oxygens (including phenoxy) is 2. The van der Waals surface area contributed by atoms with Gasteiger partial charge in [0.25, 0.3) is 0 Å². The predicted molar refractivity (Wildman–Crippen MR) is 128 cm³/mol. The molecule has 5 rings (SSSR count). The highest BCUT2D eigenvalue weighted by Crippen LogP contribution is 2.44. The number of aliphatic hydroxyl groups excluding tert-OH is 2. The van der Waals surface area contributed by atoms with E-state index in [1.54, 1.807) is 35.2 Å². The summed E-state index contributed by atoms with van der Waals surface area (Å²) in [5, 5.41) is 32.6. The lowest BCUT2D eigenvalue weighted by atomic mass is 9.93. The molecule has 0 spiro atoms. The van der Waals surface area contributed by atoms with E-state index in [0.717, 1.165) is 17.7 Å². The van der Waals surface area contributed by atoms with Crippen LogP contribution in [0.15, 0.2) is 66.7 Å². The van der Waals surface area contributed by atoms with Crippen molar-refractivity contribution in [1.82, 2.24) is 4.90 Å². The molecule has 0 bridgehead atoms. The number of fused-ring (bicyclic) bond motifs is 1. The minimum atomic E-state index is -1.51. The van der Waals surface area contributed by atoms with Crippen LogP contribution in [0.25, 0.3) is 0 Å². The molecular formula is C28H28F3NO5. The Bertz CT molecular complexity index is 1220. The van der Waals surface area contributed by atoms with Crippen molar-refractivity contribution in [2.45, 2.75) is 36.9 Å². The van der Waals surface area contributed by atoms with Crippen molar-refractivity contribution < 1.29 is 38.0 Å². The molecule has 3 N–H and O–H groups in total. The highest BCUT2D eigenvalue weighted by atomic mass is 19.1. The average molecular weight is 516 g/mol. The minimum Gasteiger partial charge on any atom is -0.485 e. The van der Waals surface area contributed by atoms with Crippen molar-refractivity contribution >= 4 is 0 Å². The molecule has 1 aliphatic heterocycles. The fourth-order valence-corrected chi connectivity index (χ4v) is 5.31. The largest absolute Gasteiger partial charge is 0.485 e. The van der Waals surface area contributed by atoms with Crippen LogP contribution in [0.5, 0.6) is 11.5 Å². The maximum absolute atomic E-state index is 14.6. The molecule has 37 heavy (non-hydrogen) atoms. The molecule has 9 heteroatoms. The third-order valence-electron chi connectivity index (χ3n) is 7.22. The van der Waals surface area contributed by atoms with Crippen LogP contribution in [0.4, 0.5) is 13.2 Å². The summed E-state index contributed by atoms with van der Waals surface area (Å²) in [5.41, 5.74) is -0.722. The summed E-state index contributed by atoms with van der Waals surface area (Å²) < 4.78 is 54.2. The molecule has 2 fully saturated rings. The zero-order chi connectivity index (χ0) is 26.2. The second-order valence-electron chi connectivity index (χ2n) is 9.75. The number of benzene rings is 3. The smallest absolute Gasteiger partial charge is 0.191 e. The van der Waals surface area contributed by atoms with E-state index in [1.165, 1.54) is 18.2 Å². The maximum atomic E-state index is 14.6. The first-order chi connectivity index (χ1) is 17.7. The molecule has 5 atom stereocenters. The second-order valence-corrected chi connectivity index (χ2v) is 9.75. The summed E-state index contributed by atoms with van der Waals surface area (Å²) in [6.45, 7) is 0.336. The van der Waals surface area contributed by atoms with E-state index in [4.69, 9.17) is 9.47 Å². The average Bonchev–Trinajstić information content (AvgIpc) is 3.30. The fourth-order valence-electron chi connectivity index (χ4n) is 5.31. The van der Waals surface area contributed by atoms with Gasteiger partial charge in [-0.25, -0.2) is 13.2 Å². The predicted octanol–water partition coefficient (Wildman–Crippen LogP) is 3.59. The van der Waals surface area contributed by atoms with Gasteiger partial charge >= 0.3 is 0 Å². The van der Waals surface area contributed by atoms with Gasteiger partial charge in [-0.1, -0.05) is 42.5 Å². The quantitative estimate of drug-likeness (QED) is 0.426. The Morgan fingerprint density at radius 3 is 2.32 bits per heavy atom. The van der Waals surface area contributed by atoms with Crippen molar-refractivity contribution in [1.29, 1.82) is 0 Å². The van der Waals surface area contributed by atoms with Crippen molar-refractivity contribution in [3.8, 4) is 11.5 Å². The highest BCUT2D eigenvalue weighted by molar-refractivity contribution is 5.33.